The molecule has 0 saturated heterocycles. The van der Waals surface area contributed by atoms with Gasteiger partial charge in [0.25, 0.3) is 0 Å². The largest absolute Gasteiger partial charge is 0.370 e. The Labute approximate surface area is 136 Å². The summed E-state index contributed by atoms with van der Waals surface area (Å²) in [5.41, 5.74) is 8.35. The van der Waals surface area contributed by atoms with Crippen LogP contribution < -0.4 is 11.1 Å². The number of nitrogens with zero attached hydrogens (tertiary/aromatic N) is 3. The highest BCUT2D eigenvalue weighted by atomic mass is 15.3. The first-order valence-electron chi connectivity index (χ1n) is 8.46. The summed E-state index contributed by atoms with van der Waals surface area (Å²) in [5, 5.41) is 7.81. The average molecular weight is 309 g/mol. The van der Waals surface area contributed by atoms with Gasteiger partial charge in [0.2, 0.25) is 0 Å². The van der Waals surface area contributed by atoms with E-state index in [0.29, 0.717) is 17.9 Å². The lowest BCUT2D eigenvalue weighted by atomic mass is 9.86. The molecule has 2 saturated carbocycles. The Hall–Kier alpha value is -2.30. The van der Waals surface area contributed by atoms with Crippen LogP contribution in [0.2, 0.25) is 0 Å². The van der Waals surface area contributed by atoms with Crippen molar-refractivity contribution in [2.75, 3.05) is 6.54 Å². The zero-order chi connectivity index (χ0) is 15.6. The Morgan fingerprint density at radius 3 is 2.87 bits per heavy atom. The predicted molar refractivity (Wildman–Crippen MR) is 91.7 cm³/mol. The van der Waals surface area contributed by atoms with Crippen LogP contribution in [0.1, 0.15) is 37.2 Å². The van der Waals surface area contributed by atoms with Crippen molar-refractivity contribution in [3.05, 3.63) is 48.3 Å². The second kappa shape index (κ2) is 6.07. The van der Waals surface area contributed by atoms with Crippen LogP contribution in [0, 0.1) is 5.92 Å². The van der Waals surface area contributed by atoms with Gasteiger partial charge in [-0.2, -0.15) is 5.10 Å². The Balaban J connectivity index is 1.33. The molecule has 120 valence electrons. The summed E-state index contributed by atoms with van der Waals surface area (Å²) in [6.07, 6.45) is 9.14. The molecule has 2 aromatic rings. The Kier molecular flexibility index (Phi) is 3.77. The first-order chi connectivity index (χ1) is 11.3. The van der Waals surface area contributed by atoms with Crippen LogP contribution in [0.4, 0.5) is 0 Å². The van der Waals surface area contributed by atoms with Crippen molar-refractivity contribution in [2.45, 2.75) is 37.6 Å². The van der Waals surface area contributed by atoms with Crippen LogP contribution in [0.25, 0.3) is 5.69 Å². The van der Waals surface area contributed by atoms with Gasteiger partial charge in [-0.25, -0.2) is 4.68 Å². The number of hydrogen-bond donors (Lipinski definition) is 2. The van der Waals surface area contributed by atoms with Crippen molar-refractivity contribution < 1.29 is 0 Å². The molecule has 5 heteroatoms. The first kappa shape index (κ1) is 14.3. The van der Waals surface area contributed by atoms with Gasteiger partial charge in [-0.3, -0.25) is 4.99 Å². The van der Waals surface area contributed by atoms with E-state index in [0.717, 1.165) is 24.6 Å². The monoisotopic (exact) mass is 309 g/mol. The van der Waals surface area contributed by atoms with Crippen molar-refractivity contribution in [1.29, 1.82) is 0 Å². The molecule has 2 aliphatic rings. The maximum atomic E-state index is 6.00. The smallest absolute Gasteiger partial charge is 0.188 e. The molecule has 5 nitrogen and oxygen atoms in total. The minimum atomic E-state index is 0.397. The van der Waals surface area contributed by atoms with Gasteiger partial charge in [-0.05, 0) is 42.9 Å². The van der Waals surface area contributed by atoms with Crippen LogP contribution in [-0.2, 0) is 0 Å². The molecule has 3 N–H and O–H groups in total. The molecule has 0 spiro atoms. The average Bonchev–Trinajstić information content (AvgIpc) is 3.10. The van der Waals surface area contributed by atoms with Gasteiger partial charge < -0.3 is 11.1 Å². The molecule has 2 aliphatic carbocycles. The molecule has 1 aromatic heterocycles. The third kappa shape index (κ3) is 3.23. The molecule has 0 bridgehead atoms. The molecule has 0 unspecified atom stereocenters. The van der Waals surface area contributed by atoms with E-state index in [1.807, 2.05) is 29.1 Å². The molecule has 1 aromatic carbocycles. The lowest BCUT2D eigenvalue weighted by Gasteiger charge is -2.23. The number of aromatic nitrogens is 2. The van der Waals surface area contributed by atoms with Crippen molar-refractivity contribution in [1.82, 2.24) is 15.1 Å². The molecule has 0 amide bonds. The summed E-state index contributed by atoms with van der Waals surface area (Å²) in [5.74, 6) is 1.85. The second-order valence-electron chi connectivity index (χ2n) is 6.67. The van der Waals surface area contributed by atoms with Crippen LogP contribution in [0.15, 0.2) is 47.7 Å². The number of nitrogens with two attached hydrogens (primary N) is 1. The number of aliphatic imine (C=N–C) groups is 1. The molecule has 2 atom stereocenters. The Morgan fingerprint density at radius 1 is 1.30 bits per heavy atom. The third-order valence-corrected chi connectivity index (χ3v) is 4.92. The molecule has 0 aliphatic heterocycles. The first-order valence-corrected chi connectivity index (χ1v) is 8.46. The minimum Gasteiger partial charge on any atom is -0.370 e. The van der Waals surface area contributed by atoms with Crippen LogP contribution in [0.3, 0.4) is 0 Å². The van der Waals surface area contributed by atoms with Crippen molar-refractivity contribution >= 4 is 5.96 Å². The van der Waals surface area contributed by atoms with E-state index in [4.69, 9.17) is 5.73 Å². The summed E-state index contributed by atoms with van der Waals surface area (Å²) in [7, 11) is 0. The van der Waals surface area contributed by atoms with E-state index in [-0.39, 0.29) is 0 Å². The van der Waals surface area contributed by atoms with E-state index < -0.39 is 0 Å². The van der Waals surface area contributed by atoms with E-state index in [9.17, 15) is 0 Å². The zero-order valence-corrected chi connectivity index (χ0v) is 13.2. The number of rotatable bonds is 5. The second-order valence-corrected chi connectivity index (χ2v) is 6.67. The van der Waals surface area contributed by atoms with Gasteiger partial charge in [0.15, 0.2) is 5.96 Å². The van der Waals surface area contributed by atoms with Crippen molar-refractivity contribution in [3.63, 3.8) is 0 Å². The van der Waals surface area contributed by atoms with Crippen molar-refractivity contribution in [2.24, 2.45) is 16.6 Å². The molecule has 0 radical (unpaired) electrons. The van der Waals surface area contributed by atoms with Gasteiger partial charge in [0, 0.05) is 24.7 Å². The van der Waals surface area contributed by atoms with Crippen LogP contribution >= 0.6 is 0 Å². The zero-order valence-electron chi connectivity index (χ0n) is 13.2. The van der Waals surface area contributed by atoms with E-state index >= 15 is 0 Å². The topological polar surface area (TPSA) is 68.2 Å². The van der Waals surface area contributed by atoms with Gasteiger partial charge in [0.05, 0.1) is 11.9 Å². The van der Waals surface area contributed by atoms with E-state index in [2.05, 4.69) is 33.7 Å². The van der Waals surface area contributed by atoms with Crippen LogP contribution in [0.5, 0.6) is 0 Å². The van der Waals surface area contributed by atoms with Gasteiger partial charge >= 0.3 is 0 Å². The maximum absolute atomic E-state index is 6.00. The van der Waals surface area contributed by atoms with E-state index in [1.54, 1.807) is 0 Å². The molecule has 2 fully saturated rings. The molecular formula is C18H23N5. The SMILES string of the molecule is NC(=NCC1CCC1)N[C@@H]1C[C@H]1c1cnn(-c2ccccc2)c1. The molecule has 4 rings (SSSR count). The fourth-order valence-electron chi connectivity index (χ4n) is 3.11. The summed E-state index contributed by atoms with van der Waals surface area (Å²) in [6, 6.07) is 10.6. The van der Waals surface area contributed by atoms with Crippen molar-refractivity contribution in [3.8, 4) is 5.69 Å². The van der Waals surface area contributed by atoms with Gasteiger partial charge in [-0.1, -0.05) is 24.6 Å². The molecular weight excluding hydrogens is 286 g/mol. The van der Waals surface area contributed by atoms with Crippen LogP contribution in [-0.4, -0.2) is 28.3 Å². The predicted octanol–water partition coefficient (Wildman–Crippen LogP) is 2.43. The molecule has 1 heterocycles. The van der Waals surface area contributed by atoms with E-state index in [1.165, 1.54) is 24.8 Å². The Morgan fingerprint density at radius 2 is 2.13 bits per heavy atom. The summed E-state index contributed by atoms with van der Waals surface area (Å²) in [6.45, 7) is 0.877. The maximum Gasteiger partial charge on any atom is 0.188 e. The highest BCUT2D eigenvalue weighted by molar-refractivity contribution is 5.78. The minimum absolute atomic E-state index is 0.397. The summed E-state index contributed by atoms with van der Waals surface area (Å²) < 4.78 is 1.93. The number of benzene rings is 1. The van der Waals surface area contributed by atoms with Gasteiger partial charge in [-0.15, -0.1) is 0 Å². The lowest BCUT2D eigenvalue weighted by molar-refractivity contribution is 0.326. The fraction of sp³-hybridized carbons (Fsp3) is 0.444. The Bertz CT molecular complexity index is 686. The number of nitrogens with one attached hydrogen (secondary N) is 1. The number of hydrogen-bond acceptors (Lipinski definition) is 2. The summed E-state index contributed by atoms with van der Waals surface area (Å²) >= 11 is 0. The standard InChI is InChI=1S/C18H23N5/c19-18(20-10-13-5-4-6-13)22-17-9-16(17)14-11-21-23(12-14)15-7-2-1-3-8-15/h1-3,7-8,11-13,16-17H,4-6,9-10H2,(H3,19,20,22)/t16-,17+/m0/s1. The fourth-order valence-corrected chi connectivity index (χ4v) is 3.11. The highest BCUT2D eigenvalue weighted by Crippen LogP contribution is 2.40. The molecule has 23 heavy (non-hydrogen) atoms. The van der Waals surface area contributed by atoms with Gasteiger partial charge in [0.1, 0.15) is 0 Å². The summed E-state index contributed by atoms with van der Waals surface area (Å²) in [4.78, 5) is 4.47. The lowest BCUT2D eigenvalue weighted by Crippen LogP contribution is -2.35. The number of guanidine groups is 1. The quantitative estimate of drug-likeness (QED) is 0.658. The number of para-hydroxylation sites is 1. The third-order valence-electron chi connectivity index (χ3n) is 4.92. The highest BCUT2D eigenvalue weighted by Gasteiger charge is 2.39. The normalized spacial score (nSPS) is 24.3.